The van der Waals surface area contributed by atoms with Gasteiger partial charge in [0.15, 0.2) is 0 Å². The molecule has 0 aliphatic carbocycles. The Morgan fingerprint density at radius 3 is 2.50 bits per heavy atom. The number of hydrogen-bond acceptors (Lipinski definition) is 4. The molecule has 0 aliphatic heterocycles. The van der Waals surface area contributed by atoms with Gasteiger partial charge in [-0.15, -0.1) is 0 Å². The molecule has 0 spiro atoms. The third kappa shape index (κ3) is 6.01. The molecule has 0 fully saturated rings. The van der Waals surface area contributed by atoms with Gasteiger partial charge in [-0.2, -0.15) is 0 Å². The van der Waals surface area contributed by atoms with Crippen LogP contribution in [0, 0.1) is 6.92 Å². The Hall–Kier alpha value is -2.40. The van der Waals surface area contributed by atoms with Gasteiger partial charge in [0.05, 0.1) is 11.9 Å². The van der Waals surface area contributed by atoms with Gasteiger partial charge in [-0.3, -0.25) is 4.79 Å². The summed E-state index contributed by atoms with van der Waals surface area (Å²) < 4.78 is 0. The lowest BCUT2D eigenvalue weighted by Gasteiger charge is -2.10. The van der Waals surface area contributed by atoms with Crippen LogP contribution in [0.15, 0.2) is 42.6 Å². The Labute approximate surface area is 144 Å². The van der Waals surface area contributed by atoms with Crippen molar-refractivity contribution in [3.05, 3.63) is 59.4 Å². The fourth-order valence-electron chi connectivity index (χ4n) is 2.23. The van der Waals surface area contributed by atoms with Crippen LogP contribution in [0.4, 0.5) is 5.69 Å². The van der Waals surface area contributed by atoms with Crippen molar-refractivity contribution in [3.8, 4) is 0 Å². The second-order valence-electron chi connectivity index (χ2n) is 6.18. The van der Waals surface area contributed by atoms with Crippen molar-refractivity contribution in [2.24, 2.45) is 0 Å². The zero-order chi connectivity index (χ0) is 17.4. The van der Waals surface area contributed by atoms with Crippen LogP contribution in [-0.2, 0) is 6.54 Å². The quantitative estimate of drug-likeness (QED) is 0.732. The van der Waals surface area contributed by atoms with Crippen LogP contribution < -0.4 is 10.6 Å². The molecule has 1 heterocycles. The third-order valence-corrected chi connectivity index (χ3v) is 3.68. The number of pyridine rings is 1. The Morgan fingerprint density at radius 2 is 1.88 bits per heavy atom. The highest BCUT2D eigenvalue weighted by Gasteiger charge is 2.06. The number of carbonyl (C=O) groups excluding carboxylic acids is 1. The van der Waals surface area contributed by atoms with E-state index in [1.807, 2.05) is 20.2 Å². The fourth-order valence-corrected chi connectivity index (χ4v) is 2.23. The summed E-state index contributed by atoms with van der Waals surface area (Å²) in [7, 11) is 4.04. The van der Waals surface area contributed by atoms with Crippen molar-refractivity contribution in [1.29, 1.82) is 0 Å². The van der Waals surface area contributed by atoms with E-state index in [1.54, 1.807) is 12.3 Å². The van der Waals surface area contributed by atoms with Crippen LogP contribution in [0.3, 0.4) is 0 Å². The van der Waals surface area contributed by atoms with Gasteiger partial charge in [-0.1, -0.05) is 29.8 Å². The van der Waals surface area contributed by atoms with Crippen LogP contribution in [-0.4, -0.2) is 43.0 Å². The maximum Gasteiger partial charge on any atom is 0.269 e. The van der Waals surface area contributed by atoms with Gasteiger partial charge in [-0.05, 0) is 51.7 Å². The van der Waals surface area contributed by atoms with Gasteiger partial charge >= 0.3 is 0 Å². The zero-order valence-electron chi connectivity index (χ0n) is 14.7. The molecular formula is C19H26N4O. The minimum atomic E-state index is -0.126. The number of hydrogen-bond donors (Lipinski definition) is 2. The molecule has 0 bridgehead atoms. The summed E-state index contributed by atoms with van der Waals surface area (Å²) in [6.07, 6.45) is 2.62. The predicted octanol–water partition coefficient (Wildman–Crippen LogP) is 2.68. The maximum atomic E-state index is 12.0. The summed E-state index contributed by atoms with van der Waals surface area (Å²) in [6, 6.07) is 12.0. The molecule has 1 amide bonds. The minimum Gasteiger partial charge on any atom is -0.380 e. The first-order chi connectivity index (χ1) is 11.5. The first-order valence-corrected chi connectivity index (χ1v) is 8.23. The number of amides is 1. The smallest absolute Gasteiger partial charge is 0.269 e. The molecular weight excluding hydrogens is 300 g/mol. The standard InChI is InChI=1S/C19H26N4O/c1-15-5-7-16(8-6-15)13-21-17-9-10-18(22-14-17)19(24)20-11-4-12-23(2)3/h5-10,14,21H,4,11-13H2,1-3H3,(H,20,24). The second-order valence-corrected chi connectivity index (χ2v) is 6.18. The highest BCUT2D eigenvalue weighted by molar-refractivity contribution is 5.92. The van der Waals surface area contributed by atoms with Crippen LogP contribution >= 0.6 is 0 Å². The van der Waals surface area contributed by atoms with E-state index in [2.05, 4.69) is 51.7 Å². The van der Waals surface area contributed by atoms with Gasteiger partial charge in [0.25, 0.3) is 5.91 Å². The number of rotatable bonds is 8. The lowest BCUT2D eigenvalue weighted by molar-refractivity contribution is 0.0947. The van der Waals surface area contributed by atoms with Crippen molar-refractivity contribution in [3.63, 3.8) is 0 Å². The minimum absolute atomic E-state index is 0.126. The summed E-state index contributed by atoms with van der Waals surface area (Å²) >= 11 is 0. The van der Waals surface area contributed by atoms with Crippen molar-refractivity contribution >= 4 is 11.6 Å². The number of nitrogens with zero attached hydrogens (tertiary/aromatic N) is 2. The molecule has 5 heteroatoms. The highest BCUT2D eigenvalue weighted by atomic mass is 16.1. The topological polar surface area (TPSA) is 57.3 Å². The van der Waals surface area contributed by atoms with Crippen molar-refractivity contribution < 1.29 is 4.79 Å². The number of carbonyl (C=O) groups is 1. The molecule has 2 N–H and O–H groups in total. The highest BCUT2D eigenvalue weighted by Crippen LogP contribution is 2.10. The summed E-state index contributed by atoms with van der Waals surface area (Å²) in [5.74, 6) is -0.126. The number of benzene rings is 1. The molecule has 0 aliphatic rings. The second kappa shape index (κ2) is 9.03. The van der Waals surface area contributed by atoms with Gasteiger partial charge in [0, 0.05) is 13.1 Å². The van der Waals surface area contributed by atoms with E-state index in [0.717, 1.165) is 25.2 Å². The van der Waals surface area contributed by atoms with Crippen molar-refractivity contribution in [2.45, 2.75) is 19.9 Å². The van der Waals surface area contributed by atoms with E-state index in [1.165, 1.54) is 11.1 Å². The molecule has 0 atom stereocenters. The molecule has 1 aromatic heterocycles. The summed E-state index contributed by atoms with van der Waals surface area (Å²) in [6.45, 7) is 4.42. The van der Waals surface area contributed by atoms with Gasteiger partial charge < -0.3 is 15.5 Å². The van der Waals surface area contributed by atoms with E-state index in [0.29, 0.717) is 12.2 Å². The third-order valence-electron chi connectivity index (χ3n) is 3.68. The monoisotopic (exact) mass is 326 g/mol. The molecule has 0 radical (unpaired) electrons. The number of aromatic nitrogens is 1. The van der Waals surface area contributed by atoms with Crippen LogP contribution in [0.5, 0.6) is 0 Å². The molecule has 0 saturated carbocycles. The molecule has 1 aromatic carbocycles. The van der Waals surface area contributed by atoms with Crippen molar-refractivity contribution in [1.82, 2.24) is 15.2 Å². The molecule has 5 nitrogen and oxygen atoms in total. The fraction of sp³-hybridized carbons (Fsp3) is 0.368. The van der Waals surface area contributed by atoms with Gasteiger partial charge in [0.1, 0.15) is 5.69 Å². The van der Waals surface area contributed by atoms with E-state index >= 15 is 0 Å². The van der Waals surface area contributed by atoms with Crippen LogP contribution in [0.25, 0.3) is 0 Å². The number of anilines is 1. The zero-order valence-corrected chi connectivity index (χ0v) is 14.7. The first kappa shape index (κ1) is 17.9. The lowest BCUT2D eigenvalue weighted by Crippen LogP contribution is -2.27. The van der Waals surface area contributed by atoms with Crippen LogP contribution in [0.1, 0.15) is 28.0 Å². The van der Waals surface area contributed by atoms with Crippen LogP contribution in [0.2, 0.25) is 0 Å². The van der Waals surface area contributed by atoms with Crippen molar-refractivity contribution in [2.75, 3.05) is 32.5 Å². The average Bonchev–Trinajstić information content (AvgIpc) is 2.58. The van der Waals surface area contributed by atoms with Gasteiger partial charge in [0.2, 0.25) is 0 Å². The SMILES string of the molecule is Cc1ccc(CNc2ccc(C(=O)NCCCN(C)C)nc2)cc1. The Kier molecular flexibility index (Phi) is 6.75. The number of nitrogens with one attached hydrogen (secondary N) is 2. The lowest BCUT2D eigenvalue weighted by atomic mass is 10.1. The summed E-state index contributed by atoms with van der Waals surface area (Å²) in [5, 5.41) is 6.20. The first-order valence-electron chi connectivity index (χ1n) is 8.23. The molecule has 0 saturated heterocycles. The largest absolute Gasteiger partial charge is 0.380 e. The maximum absolute atomic E-state index is 12.0. The molecule has 24 heavy (non-hydrogen) atoms. The molecule has 128 valence electrons. The molecule has 0 unspecified atom stereocenters. The van der Waals surface area contributed by atoms with E-state index in [-0.39, 0.29) is 5.91 Å². The normalized spacial score (nSPS) is 10.7. The molecule has 2 aromatic rings. The van der Waals surface area contributed by atoms with E-state index in [9.17, 15) is 4.79 Å². The Balaban J connectivity index is 1.79. The Morgan fingerprint density at radius 1 is 1.12 bits per heavy atom. The predicted molar refractivity (Wildman–Crippen MR) is 98.2 cm³/mol. The molecule has 2 rings (SSSR count). The summed E-state index contributed by atoms with van der Waals surface area (Å²) in [4.78, 5) is 18.3. The number of aryl methyl sites for hydroxylation is 1. The summed E-state index contributed by atoms with van der Waals surface area (Å²) in [5.41, 5.74) is 3.81. The van der Waals surface area contributed by atoms with Gasteiger partial charge in [-0.25, -0.2) is 4.98 Å². The van der Waals surface area contributed by atoms with E-state index < -0.39 is 0 Å². The average molecular weight is 326 g/mol. The Bertz CT molecular complexity index is 635. The van der Waals surface area contributed by atoms with E-state index in [4.69, 9.17) is 0 Å².